The van der Waals surface area contributed by atoms with Crippen molar-refractivity contribution < 1.29 is 9.53 Å². The summed E-state index contributed by atoms with van der Waals surface area (Å²) in [4.78, 5) is 16.0. The Labute approximate surface area is 112 Å². The van der Waals surface area contributed by atoms with E-state index >= 15 is 0 Å². The lowest BCUT2D eigenvalue weighted by molar-refractivity contribution is 0.0601. The van der Waals surface area contributed by atoms with Crippen molar-refractivity contribution >= 4 is 5.97 Å². The van der Waals surface area contributed by atoms with Crippen molar-refractivity contribution in [3.63, 3.8) is 0 Å². The maximum atomic E-state index is 11.7. The van der Waals surface area contributed by atoms with Gasteiger partial charge in [-0.15, -0.1) is 0 Å². The number of rotatable bonds is 3. The number of ether oxygens (including phenoxy) is 1. The van der Waals surface area contributed by atoms with Crippen molar-refractivity contribution in [1.29, 1.82) is 0 Å². The Hall–Kier alpha value is -2.17. The molecule has 0 aromatic carbocycles. The second-order valence-corrected chi connectivity index (χ2v) is 4.62. The van der Waals surface area contributed by atoms with E-state index in [9.17, 15) is 4.79 Å². The number of esters is 1. The van der Waals surface area contributed by atoms with Gasteiger partial charge in [0.2, 0.25) is 0 Å². The fourth-order valence-electron chi connectivity index (χ4n) is 2.02. The van der Waals surface area contributed by atoms with Crippen LogP contribution < -0.4 is 0 Å². The third kappa shape index (κ3) is 2.50. The van der Waals surface area contributed by atoms with Gasteiger partial charge in [0.25, 0.3) is 0 Å². The van der Waals surface area contributed by atoms with Crippen molar-refractivity contribution in [3.8, 4) is 11.4 Å². The van der Waals surface area contributed by atoms with Crippen LogP contribution in [0, 0.1) is 0 Å². The molecule has 0 amide bonds. The molecule has 0 fully saturated rings. The average molecular weight is 259 g/mol. The summed E-state index contributed by atoms with van der Waals surface area (Å²) < 4.78 is 6.58. The molecule has 2 heterocycles. The first-order valence-corrected chi connectivity index (χ1v) is 6.12. The Kier molecular flexibility index (Phi) is 3.64. The van der Waals surface area contributed by atoms with Gasteiger partial charge in [0.15, 0.2) is 0 Å². The minimum absolute atomic E-state index is 0.358. The number of hydrogen-bond acceptors (Lipinski definition) is 4. The van der Waals surface area contributed by atoms with E-state index in [2.05, 4.69) is 23.9 Å². The zero-order valence-corrected chi connectivity index (χ0v) is 11.5. The van der Waals surface area contributed by atoms with Crippen LogP contribution in [0.1, 0.15) is 35.8 Å². The molecule has 2 aromatic rings. The molecule has 0 saturated heterocycles. The minimum atomic E-state index is -0.403. The number of methoxy groups -OCH3 is 1. The second kappa shape index (κ2) is 5.22. The Morgan fingerprint density at radius 1 is 1.42 bits per heavy atom. The Morgan fingerprint density at radius 2 is 2.16 bits per heavy atom. The molecule has 0 aliphatic heterocycles. The molecule has 2 rings (SSSR count). The lowest BCUT2D eigenvalue weighted by Gasteiger charge is -2.03. The predicted molar refractivity (Wildman–Crippen MR) is 71.9 cm³/mol. The highest BCUT2D eigenvalue weighted by molar-refractivity contribution is 5.95. The fraction of sp³-hybridized carbons (Fsp3) is 0.357. The molecule has 2 aromatic heterocycles. The van der Waals surface area contributed by atoms with Crippen LogP contribution in [0.25, 0.3) is 11.4 Å². The molecule has 0 saturated carbocycles. The number of aromatic nitrogens is 3. The van der Waals surface area contributed by atoms with Crippen LogP contribution in [0.5, 0.6) is 0 Å². The van der Waals surface area contributed by atoms with Crippen molar-refractivity contribution in [2.24, 2.45) is 7.05 Å². The van der Waals surface area contributed by atoms with Gasteiger partial charge in [-0.05, 0) is 24.1 Å². The number of aryl methyl sites for hydroxylation is 1. The van der Waals surface area contributed by atoms with Gasteiger partial charge in [0.1, 0.15) is 11.4 Å². The highest BCUT2D eigenvalue weighted by Gasteiger charge is 2.18. The van der Waals surface area contributed by atoms with E-state index in [0.717, 1.165) is 5.69 Å². The van der Waals surface area contributed by atoms with Gasteiger partial charge in [-0.3, -0.25) is 9.67 Å². The zero-order valence-electron chi connectivity index (χ0n) is 11.5. The van der Waals surface area contributed by atoms with Crippen molar-refractivity contribution in [2.75, 3.05) is 7.11 Å². The topological polar surface area (TPSA) is 57.0 Å². The lowest BCUT2D eigenvalue weighted by atomic mass is 10.1. The standard InChI is InChI=1S/C14H17N3O2/c1-9(2)12-8-11(16-17(12)3)13-10(14(18)19-4)6-5-7-15-13/h5-9H,1-4H3. The maximum Gasteiger partial charge on any atom is 0.340 e. The van der Waals surface area contributed by atoms with Gasteiger partial charge in [-0.2, -0.15) is 5.10 Å². The molecule has 5 heteroatoms. The number of carbonyl (C=O) groups is 1. The summed E-state index contributed by atoms with van der Waals surface area (Å²) in [6, 6.07) is 5.36. The molecule has 100 valence electrons. The molecular weight excluding hydrogens is 242 g/mol. The van der Waals surface area contributed by atoms with Gasteiger partial charge >= 0.3 is 5.97 Å². The van der Waals surface area contributed by atoms with Gasteiger partial charge < -0.3 is 4.74 Å². The van der Waals surface area contributed by atoms with Crippen LogP contribution in [0.2, 0.25) is 0 Å². The number of nitrogens with zero attached hydrogens (tertiary/aromatic N) is 3. The summed E-state index contributed by atoms with van der Waals surface area (Å²) in [5.74, 6) is -0.0450. The summed E-state index contributed by atoms with van der Waals surface area (Å²) in [7, 11) is 3.25. The quantitative estimate of drug-likeness (QED) is 0.794. The monoisotopic (exact) mass is 259 g/mol. The Balaban J connectivity index is 2.53. The molecular formula is C14H17N3O2. The van der Waals surface area contributed by atoms with Gasteiger partial charge in [-0.1, -0.05) is 13.8 Å². The molecule has 19 heavy (non-hydrogen) atoms. The van der Waals surface area contributed by atoms with E-state index in [1.165, 1.54) is 7.11 Å². The average Bonchev–Trinajstić information content (AvgIpc) is 2.80. The van der Waals surface area contributed by atoms with Gasteiger partial charge in [0, 0.05) is 18.9 Å². The van der Waals surface area contributed by atoms with Crippen LogP contribution >= 0.6 is 0 Å². The van der Waals surface area contributed by atoms with Crippen LogP contribution in [-0.2, 0) is 11.8 Å². The van der Waals surface area contributed by atoms with E-state index in [1.807, 2.05) is 17.8 Å². The maximum absolute atomic E-state index is 11.7. The van der Waals surface area contributed by atoms with Crippen LogP contribution in [-0.4, -0.2) is 27.8 Å². The first-order chi connectivity index (χ1) is 9.04. The van der Waals surface area contributed by atoms with Crippen molar-refractivity contribution in [1.82, 2.24) is 14.8 Å². The smallest absolute Gasteiger partial charge is 0.340 e. The van der Waals surface area contributed by atoms with Crippen molar-refractivity contribution in [2.45, 2.75) is 19.8 Å². The molecule has 0 unspecified atom stereocenters. The first kappa shape index (κ1) is 13.3. The van der Waals surface area contributed by atoms with E-state index in [4.69, 9.17) is 4.74 Å². The summed E-state index contributed by atoms with van der Waals surface area (Å²) in [6.45, 7) is 4.20. The number of carbonyl (C=O) groups excluding carboxylic acids is 1. The second-order valence-electron chi connectivity index (χ2n) is 4.62. The molecule has 0 radical (unpaired) electrons. The molecule has 0 aliphatic rings. The molecule has 0 aliphatic carbocycles. The molecule has 0 N–H and O–H groups in total. The highest BCUT2D eigenvalue weighted by atomic mass is 16.5. The third-order valence-electron chi connectivity index (χ3n) is 2.96. The van der Waals surface area contributed by atoms with Gasteiger partial charge in [-0.25, -0.2) is 4.79 Å². The predicted octanol–water partition coefficient (Wildman–Crippen LogP) is 2.39. The normalized spacial score (nSPS) is 10.8. The fourth-order valence-corrected chi connectivity index (χ4v) is 2.02. The lowest BCUT2D eigenvalue weighted by Crippen LogP contribution is -2.05. The van der Waals surface area contributed by atoms with E-state index in [0.29, 0.717) is 22.9 Å². The highest BCUT2D eigenvalue weighted by Crippen LogP contribution is 2.24. The van der Waals surface area contributed by atoms with Crippen LogP contribution in [0.4, 0.5) is 0 Å². The Morgan fingerprint density at radius 3 is 2.74 bits per heavy atom. The SMILES string of the molecule is COC(=O)c1cccnc1-c1cc(C(C)C)n(C)n1. The Bertz CT molecular complexity index is 602. The van der Waals surface area contributed by atoms with E-state index < -0.39 is 5.97 Å². The molecule has 0 spiro atoms. The van der Waals surface area contributed by atoms with Crippen LogP contribution in [0.3, 0.4) is 0 Å². The zero-order chi connectivity index (χ0) is 14.0. The first-order valence-electron chi connectivity index (χ1n) is 6.12. The molecule has 0 atom stereocenters. The van der Waals surface area contributed by atoms with E-state index in [-0.39, 0.29) is 0 Å². The van der Waals surface area contributed by atoms with Crippen molar-refractivity contribution in [3.05, 3.63) is 35.7 Å². The largest absolute Gasteiger partial charge is 0.465 e. The van der Waals surface area contributed by atoms with Gasteiger partial charge in [0.05, 0.1) is 12.7 Å². The third-order valence-corrected chi connectivity index (χ3v) is 2.96. The minimum Gasteiger partial charge on any atom is -0.465 e. The summed E-state index contributed by atoms with van der Waals surface area (Å²) in [6.07, 6.45) is 1.64. The van der Waals surface area contributed by atoms with Crippen LogP contribution in [0.15, 0.2) is 24.4 Å². The summed E-state index contributed by atoms with van der Waals surface area (Å²) in [5.41, 5.74) is 2.76. The molecule has 5 nitrogen and oxygen atoms in total. The summed E-state index contributed by atoms with van der Waals surface area (Å²) >= 11 is 0. The molecule has 0 bridgehead atoms. The van der Waals surface area contributed by atoms with E-state index in [1.54, 1.807) is 18.3 Å². The number of hydrogen-bond donors (Lipinski definition) is 0. The summed E-state index contributed by atoms with van der Waals surface area (Å²) in [5, 5.41) is 4.43. The number of pyridine rings is 1.